The number of carbonyl (C=O) groups is 3. The Morgan fingerprint density at radius 1 is 1.41 bits per heavy atom. The van der Waals surface area contributed by atoms with E-state index in [2.05, 4.69) is 10.6 Å². The van der Waals surface area contributed by atoms with Gasteiger partial charge >= 0.3 is 6.03 Å². The molecule has 4 amide bonds. The Morgan fingerprint density at radius 3 is 2.77 bits per heavy atom. The molecule has 1 atom stereocenters. The fraction of sp³-hybridized carbons (Fsp3) is 0.533. The first kappa shape index (κ1) is 15.0. The van der Waals surface area contributed by atoms with Crippen molar-refractivity contribution in [2.75, 3.05) is 13.1 Å². The number of nitrogens with zero attached hydrogens (tertiary/aromatic N) is 1. The maximum atomic E-state index is 12.3. The van der Waals surface area contributed by atoms with Gasteiger partial charge in [0.05, 0.1) is 12.6 Å². The third-order valence-corrected chi connectivity index (χ3v) is 5.23. The van der Waals surface area contributed by atoms with E-state index in [4.69, 9.17) is 0 Å². The minimum atomic E-state index is -0.492. The lowest BCUT2D eigenvalue weighted by atomic mass is 9.96. The molecule has 0 spiro atoms. The molecule has 2 N–H and O–H groups in total. The Balaban J connectivity index is 1.66. The summed E-state index contributed by atoms with van der Waals surface area (Å²) in [5.74, 6) is -0.199. The van der Waals surface area contributed by atoms with Crippen LogP contribution in [-0.2, 0) is 9.59 Å². The Kier molecular flexibility index (Phi) is 4.42. The lowest BCUT2D eigenvalue weighted by molar-refractivity contribution is -0.131. The first-order valence-corrected chi connectivity index (χ1v) is 8.44. The van der Waals surface area contributed by atoms with Crippen molar-refractivity contribution in [1.29, 1.82) is 0 Å². The lowest BCUT2D eigenvalue weighted by Crippen LogP contribution is -2.43. The molecule has 3 rings (SSSR count). The van der Waals surface area contributed by atoms with Gasteiger partial charge < -0.3 is 10.6 Å². The molecule has 6 nitrogen and oxygen atoms in total. The van der Waals surface area contributed by atoms with Gasteiger partial charge in [0.2, 0.25) is 5.91 Å². The molecule has 118 valence electrons. The van der Waals surface area contributed by atoms with Crippen LogP contribution in [0.15, 0.2) is 17.5 Å². The van der Waals surface area contributed by atoms with Crippen molar-refractivity contribution in [1.82, 2.24) is 15.5 Å². The van der Waals surface area contributed by atoms with E-state index in [-0.39, 0.29) is 30.9 Å². The highest BCUT2D eigenvalue weighted by atomic mass is 32.1. The number of nitrogens with one attached hydrogen (secondary N) is 2. The van der Waals surface area contributed by atoms with Gasteiger partial charge in [0.15, 0.2) is 0 Å². The Bertz CT molecular complexity index is 551. The summed E-state index contributed by atoms with van der Waals surface area (Å²) < 4.78 is 0. The number of thiophene rings is 1. The first-order valence-electron chi connectivity index (χ1n) is 7.56. The van der Waals surface area contributed by atoms with Gasteiger partial charge in [-0.3, -0.25) is 14.5 Å². The average molecular weight is 321 g/mol. The fourth-order valence-corrected chi connectivity index (χ4v) is 4.03. The van der Waals surface area contributed by atoms with Gasteiger partial charge in [-0.1, -0.05) is 18.9 Å². The van der Waals surface area contributed by atoms with E-state index in [1.165, 1.54) is 12.8 Å². The van der Waals surface area contributed by atoms with Crippen molar-refractivity contribution < 1.29 is 14.4 Å². The molecule has 0 radical (unpaired) electrons. The van der Waals surface area contributed by atoms with Crippen LogP contribution in [0.25, 0.3) is 0 Å². The number of hydrogen-bond acceptors (Lipinski definition) is 4. The monoisotopic (exact) mass is 321 g/mol. The molecular weight excluding hydrogens is 302 g/mol. The maximum absolute atomic E-state index is 12.3. The molecule has 0 bridgehead atoms. The fourth-order valence-electron chi connectivity index (χ4n) is 3.16. The highest BCUT2D eigenvalue weighted by Gasteiger charge is 2.33. The van der Waals surface area contributed by atoms with Crippen molar-refractivity contribution >= 4 is 29.2 Å². The van der Waals surface area contributed by atoms with E-state index in [1.807, 2.05) is 17.5 Å². The smallest absolute Gasteiger partial charge is 0.325 e. The first-order chi connectivity index (χ1) is 10.6. The van der Waals surface area contributed by atoms with E-state index in [9.17, 15) is 14.4 Å². The molecular formula is C15H19N3O3S. The average Bonchev–Trinajstić information content (AvgIpc) is 3.23. The number of urea groups is 1. The van der Waals surface area contributed by atoms with Crippen LogP contribution in [0.4, 0.5) is 4.79 Å². The third-order valence-electron chi connectivity index (χ3n) is 4.28. The number of rotatable bonds is 5. The lowest BCUT2D eigenvalue weighted by Gasteiger charge is -2.24. The summed E-state index contributed by atoms with van der Waals surface area (Å²) in [5.41, 5.74) is 0. The molecule has 2 heterocycles. The van der Waals surface area contributed by atoms with Gasteiger partial charge in [-0.25, -0.2) is 4.79 Å². The largest absolute Gasteiger partial charge is 0.347 e. The number of hydrogen-bond donors (Lipinski definition) is 2. The molecule has 1 aromatic heterocycles. The molecule has 22 heavy (non-hydrogen) atoms. The highest BCUT2D eigenvalue weighted by Crippen LogP contribution is 2.37. The summed E-state index contributed by atoms with van der Waals surface area (Å²) in [5, 5.41) is 7.45. The standard InChI is InChI=1S/C15H19N3O3S/c19-12(9-18-13(20)8-16-15(18)21)17-14(10-4-1-2-5-10)11-6-3-7-22-11/h3,6-7,10,14H,1-2,4-5,8-9H2,(H,16,21)(H,17,19). The van der Waals surface area contributed by atoms with Gasteiger partial charge in [-0.05, 0) is 30.2 Å². The quantitative estimate of drug-likeness (QED) is 0.809. The highest BCUT2D eigenvalue weighted by molar-refractivity contribution is 7.10. The molecule has 0 aromatic carbocycles. The maximum Gasteiger partial charge on any atom is 0.325 e. The van der Waals surface area contributed by atoms with Gasteiger partial charge in [-0.2, -0.15) is 0 Å². The molecule has 1 unspecified atom stereocenters. The zero-order chi connectivity index (χ0) is 15.5. The van der Waals surface area contributed by atoms with Crippen molar-refractivity contribution in [3.05, 3.63) is 22.4 Å². The van der Waals surface area contributed by atoms with E-state index >= 15 is 0 Å². The molecule has 1 aromatic rings. The SMILES string of the molecule is O=C(CN1C(=O)CNC1=O)NC(c1cccs1)C1CCCC1. The van der Waals surface area contributed by atoms with Crippen molar-refractivity contribution in [2.24, 2.45) is 5.92 Å². The summed E-state index contributed by atoms with van der Waals surface area (Å²) in [6, 6.07) is 3.50. The summed E-state index contributed by atoms with van der Waals surface area (Å²) >= 11 is 1.63. The second-order valence-electron chi connectivity index (χ2n) is 5.74. The second-order valence-corrected chi connectivity index (χ2v) is 6.72. The molecule has 2 fully saturated rings. The molecule has 1 aliphatic heterocycles. The molecule has 1 saturated carbocycles. The van der Waals surface area contributed by atoms with Gasteiger partial charge in [-0.15, -0.1) is 11.3 Å². The third kappa shape index (κ3) is 3.14. The minimum Gasteiger partial charge on any atom is -0.347 e. The van der Waals surface area contributed by atoms with Crippen LogP contribution < -0.4 is 10.6 Å². The molecule has 7 heteroatoms. The van der Waals surface area contributed by atoms with Gasteiger partial charge in [0, 0.05) is 4.88 Å². The van der Waals surface area contributed by atoms with E-state index < -0.39 is 6.03 Å². The van der Waals surface area contributed by atoms with Crippen molar-refractivity contribution in [2.45, 2.75) is 31.7 Å². The zero-order valence-corrected chi connectivity index (χ0v) is 13.0. The predicted molar refractivity (Wildman–Crippen MR) is 82.3 cm³/mol. The van der Waals surface area contributed by atoms with Crippen LogP contribution >= 0.6 is 11.3 Å². The number of imide groups is 1. The molecule has 1 aliphatic carbocycles. The van der Waals surface area contributed by atoms with E-state index in [1.54, 1.807) is 11.3 Å². The number of carbonyl (C=O) groups excluding carboxylic acids is 3. The van der Waals surface area contributed by atoms with Crippen molar-refractivity contribution in [3.63, 3.8) is 0 Å². The van der Waals surface area contributed by atoms with E-state index in [0.29, 0.717) is 5.92 Å². The van der Waals surface area contributed by atoms with Crippen LogP contribution in [0.3, 0.4) is 0 Å². The normalized spacial score (nSPS) is 20.3. The minimum absolute atomic E-state index is 0.0178. The summed E-state index contributed by atoms with van der Waals surface area (Å²) in [4.78, 5) is 37.4. The van der Waals surface area contributed by atoms with Crippen molar-refractivity contribution in [3.8, 4) is 0 Å². The summed E-state index contributed by atoms with van der Waals surface area (Å²) in [7, 11) is 0. The predicted octanol–water partition coefficient (Wildman–Crippen LogP) is 1.65. The van der Waals surface area contributed by atoms with Crippen LogP contribution in [0, 0.1) is 5.92 Å². The van der Waals surface area contributed by atoms with Crippen LogP contribution in [0.1, 0.15) is 36.6 Å². The Hall–Kier alpha value is -1.89. The van der Waals surface area contributed by atoms with E-state index in [0.717, 1.165) is 22.6 Å². The summed E-state index contributed by atoms with van der Waals surface area (Å²) in [6.45, 7) is -0.234. The van der Waals surface area contributed by atoms with Crippen LogP contribution in [-0.4, -0.2) is 35.8 Å². The molecule has 2 aliphatic rings. The Labute approximate surface area is 132 Å². The van der Waals surface area contributed by atoms with Crippen LogP contribution in [0.5, 0.6) is 0 Å². The van der Waals surface area contributed by atoms with Gasteiger partial charge in [0.25, 0.3) is 5.91 Å². The topological polar surface area (TPSA) is 78.5 Å². The zero-order valence-electron chi connectivity index (χ0n) is 12.2. The van der Waals surface area contributed by atoms with Crippen LogP contribution in [0.2, 0.25) is 0 Å². The second kappa shape index (κ2) is 6.48. The summed E-state index contributed by atoms with van der Waals surface area (Å²) in [6.07, 6.45) is 4.59. The Morgan fingerprint density at radius 2 is 2.18 bits per heavy atom. The number of amides is 4. The van der Waals surface area contributed by atoms with Gasteiger partial charge in [0.1, 0.15) is 6.54 Å². The molecule has 1 saturated heterocycles.